The van der Waals surface area contributed by atoms with Crippen molar-refractivity contribution < 1.29 is 18.9 Å². The lowest BCUT2D eigenvalue weighted by Gasteiger charge is -2.31. The number of urea groups is 1. The van der Waals surface area contributed by atoms with E-state index in [0.29, 0.717) is 18.7 Å². The molecule has 2 amide bonds. The number of amides is 2. The molecule has 0 spiro atoms. The maximum Gasteiger partial charge on any atom is 0.329 e. The molecule has 100 valence electrons. The molecule has 0 rings (SSSR count). The molecular weight excluding hydrogens is 244 g/mol. The van der Waals surface area contributed by atoms with Crippen LogP contribution in [0.4, 0.5) is 4.79 Å². The lowest BCUT2D eigenvalue weighted by atomic mass is 10.1. The normalized spacial score (nSPS) is 12.9. The van der Waals surface area contributed by atoms with Gasteiger partial charge in [-0.25, -0.2) is 9.59 Å². The van der Waals surface area contributed by atoms with E-state index in [2.05, 4.69) is 5.32 Å². The van der Waals surface area contributed by atoms with Crippen LogP contribution in [-0.2, 0) is 15.6 Å². The Morgan fingerprint density at radius 3 is 2.35 bits per heavy atom. The van der Waals surface area contributed by atoms with Crippen molar-refractivity contribution in [1.82, 2.24) is 10.2 Å². The van der Waals surface area contributed by atoms with Gasteiger partial charge in [0.05, 0.1) is 0 Å². The first kappa shape index (κ1) is 15.9. The molecule has 0 saturated heterocycles. The predicted octanol–water partition coefficient (Wildman–Crippen LogP) is 0.260. The zero-order valence-electron chi connectivity index (χ0n) is 10.6. The van der Waals surface area contributed by atoms with Crippen molar-refractivity contribution in [2.75, 3.05) is 25.6 Å². The number of carboxylic acid groups (broad SMARTS) is 1. The molecule has 0 radical (unpaired) electrons. The molecule has 1 unspecified atom stereocenters. The molecule has 7 heteroatoms. The maximum absolute atomic E-state index is 11.6. The second kappa shape index (κ2) is 6.58. The SMILES string of the molecule is CN(C(=O)NCCCS(C)=O)C(C)(C)C(=O)O. The van der Waals surface area contributed by atoms with Crippen LogP contribution in [0.2, 0.25) is 0 Å². The molecular formula is C10H20N2O4S. The van der Waals surface area contributed by atoms with Crippen LogP contribution in [0.1, 0.15) is 20.3 Å². The lowest BCUT2D eigenvalue weighted by Crippen LogP contribution is -2.54. The van der Waals surface area contributed by atoms with Gasteiger partial charge in [0.2, 0.25) is 0 Å². The molecule has 0 aliphatic rings. The number of nitrogens with zero attached hydrogens (tertiary/aromatic N) is 1. The van der Waals surface area contributed by atoms with Crippen LogP contribution in [0.25, 0.3) is 0 Å². The second-order valence-electron chi connectivity index (χ2n) is 4.29. The minimum absolute atomic E-state index is 0.387. The van der Waals surface area contributed by atoms with E-state index < -0.39 is 28.3 Å². The Morgan fingerprint density at radius 2 is 1.94 bits per heavy atom. The molecule has 6 nitrogen and oxygen atoms in total. The minimum atomic E-state index is -1.25. The zero-order chi connectivity index (χ0) is 13.6. The summed E-state index contributed by atoms with van der Waals surface area (Å²) < 4.78 is 10.8. The minimum Gasteiger partial charge on any atom is -0.480 e. The summed E-state index contributed by atoms with van der Waals surface area (Å²) in [4.78, 5) is 23.7. The summed E-state index contributed by atoms with van der Waals surface area (Å²) in [5.41, 5.74) is -1.25. The van der Waals surface area contributed by atoms with Gasteiger partial charge in [0.15, 0.2) is 0 Å². The summed E-state index contributed by atoms with van der Waals surface area (Å²) >= 11 is 0. The van der Waals surface area contributed by atoms with Gasteiger partial charge in [0.25, 0.3) is 0 Å². The first-order chi connectivity index (χ1) is 7.69. The average Bonchev–Trinajstić information content (AvgIpc) is 2.22. The first-order valence-electron chi connectivity index (χ1n) is 5.24. The summed E-state index contributed by atoms with van der Waals surface area (Å²) in [5, 5.41) is 11.5. The number of hydrogen-bond acceptors (Lipinski definition) is 3. The standard InChI is InChI=1S/C10H20N2O4S/c1-10(2,8(13)14)12(3)9(15)11-6-5-7-17(4)16/h5-7H2,1-4H3,(H,11,15)(H,13,14). The van der Waals surface area contributed by atoms with Gasteiger partial charge in [0, 0.05) is 36.4 Å². The Morgan fingerprint density at radius 1 is 1.41 bits per heavy atom. The number of carboxylic acids is 1. The number of likely N-dealkylation sites (N-methyl/N-ethyl adjacent to an activating group) is 1. The van der Waals surface area contributed by atoms with Crippen LogP contribution >= 0.6 is 0 Å². The van der Waals surface area contributed by atoms with Gasteiger partial charge in [-0.15, -0.1) is 0 Å². The Labute approximate surface area is 104 Å². The average molecular weight is 264 g/mol. The monoisotopic (exact) mass is 264 g/mol. The highest BCUT2D eigenvalue weighted by molar-refractivity contribution is 7.84. The Bertz CT molecular complexity index is 317. The number of carbonyl (C=O) groups excluding carboxylic acids is 1. The van der Waals surface area contributed by atoms with Crippen molar-refractivity contribution in [1.29, 1.82) is 0 Å². The van der Waals surface area contributed by atoms with Crippen molar-refractivity contribution in [2.45, 2.75) is 25.8 Å². The number of hydrogen-bond donors (Lipinski definition) is 2. The largest absolute Gasteiger partial charge is 0.480 e. The van der Waals surface area contributed by atoms with Crippen molar-refractivity contribution in [3.8, 4) is 0 Å². The van der Waals surface area contributed by atoms with Gasteiger partial charge in [-0.3, -0.25) is 4.21 Å². The van der Waals surface area contributed by atoms with Crippen LogP contribution < -0.4 is 5.32 Å². The molecule has 17 heavy (non-hydrogen) atoms. The van der Waals surface area contributed by atoms with E-state index in [1.54, 1.807) is 6.26 Å². The van der Waals surface area contributed by atoms with Crippen molar-refractivity contribution in [2.24, 2.45) is 0 Å². The fraction of sp³-hybridized carbons (Fsp3) is 0.800. The highest BCUT2D eigenvalue weighted by Gasteiger charge is 2.34. The van der Waals surface area contributed by atoms with E-state index >= 15 is 0 Å². The maximum atomic E-state index is 11.6. The van der Waals surface area contributed by atoms with Crippen LogP contribution in [0.15, 0.2) is 0 Å². The van der Waals surface area contributed by atoms with Crippen molar-refractivity contribution in [3.63, 3.8) is 0 Å². The molecule has 0 aromatic carbocycles. The van der Waals surface area contributed by atoms with E-state index in [1.165, 1.54) is 20.9 Å². The highest BCUT2D eigenvalue weighted by Crippen LogP contribution is 2.12. The summed E-state index contributed by atoms with van der Waals surface area (Å²) in [6.07, 6.45) is 2.21. The lowest BCUT2D eigenvalue weighted by molar-refractivity contribution is -0.146. The van der Waals surface area contributed by atoms with Gasteiger partial charge >= 0.3 is 12.0 Å². The molecule has 0 saturated carbocycles. The third kappa shape index (κ3) is 5.16. The van der Waals surface area contributed by atoms with Gasteiger partial charge in [0.1, 0.15) is 5.54 Å². The number of carbonyl (C=O) groups is 2. The molecule has 0 aliphatic heterocycles. The summed E-state index contributed by atoms with van der Waals surface area (Å²) in [6, 6.07) is -0.445. The van der Waals surface area contributed by atoms with Gasteiger partial charge in [-0.05, 0) is 20.3 Å². The van der Waals surface area contributed by atoms with Crippen LogP contribution in [0.3, 0.4) is 0 Å². The van der Waals surface area contributed by atoms with E-state index in [9.17, 15) is 13.8 Å². The summed E-state index contributed by atoms with van der Waals surface area (Å²) in [5.74, 6) is -0.545. The molecule has 1 atom stereocenters. The number of rotatable bonds is 6. The smallest absolute Gasteiger partial charge is 0.329 e. The molecule has 2 N–H and O–H groups in total. The summed E-state index contributed by atoms with van der Waals surface area (Å²) in [6.45, 7) is 3.30. The molecule has 0 fully saturated rings. The van der Waals surface area contributed by atoms with Crippen molar-refractivity contribution >= 4 is 22.8 Å². The van der Waals surface area contributed by atoms with Crippen LogP contribution in [0, 0.1) is 0 Å². The van der Waals surface area contributed by atoms with E-state index in [4.69, 9.17) is 5.11 Å². The van der Waals surface area contributed by atoms with Crippen LogP contribution in [0.5, 0.6) is 0 Å². The fourth-order valence-electron chi connectivity index (χ4n) is 0.987. The van der Waals surface area contributed by atoms with Gasteiger partial charge in [-0.1, -0.05) is 0 Å². The fourth-order valence-corrected chi connectivity index (χ4v) is 1.54. The van der Waals surface area contributed by atoms with E-state index in [-0.39, 0.29) is 0 Å². The Balaban J connectivity index is 4.15. The Kier molecular flexibility index (Phi) is 6.15. The second-order valence-corrected chi connectivity index (χ2v) is 5.84. The number of aliphatic carboxylic acids is 1. The third-order valence-corrected chi connectivity index (χ3v) is 3.41. The molecule has 0 heterocycles. The van der Waals surface area contributed by atoms with Crippen molar-refractivity contribution in [3.05, 3.63) is 0 Å². The molecule has 0 bridgehead atoms. The molecule has 0 aliphatic carbocycles. The predicted molar refractivity (Wildman–Crippen MR) is 66.4 cm³/mol. The third-order valence-electron chi connectivity index (χ3n) is 2.55. The van der Waals surface area contributed by atoms with Gasteiger partial charge < -0.3 is 15.3 Å². The zero-order valence-corrected chi connectivity index (χ0v) is 11.5. The topological polar surface area (TPSA) is 86.7 Å². The van der Waals surface area contributed by atoms with E-state index in [1.807, 2.05) is 0 Å². The van der Waals surface area contributed by atoms with E-state index in [0.717, 1.165) is 4.90 Å². The number of nitrogens with one attached hydrogen (secondary N) is 1. The molecule has 0 aromatic rings. The van der Waals surface area contributed by atoms with Gasteiger partial charge in [-0.2, -0.15) is 0 Å². The first-order valence-corrected chi connectivity index (χ1v) is 6.97. The highest BCUT2D eigenvalue weighted by atomic mass is 32.2. The Hall–Kier alpha value is -1.11. The summed E-state index contributed by atoms with van der Waals surface area (Å²) in [7, 11) is 0.558. The van der Waals surface area contributed by atoms with Crippen LogP contribution in [-0.4, -0.2) is 57.4 Å². The molecule has 0 aromatic heterocycles. The quantitative estimate of drug-likeness (QED) is 0.674.